The van der Waals surface area contributed by atoms with Crippen molar-refractivity contribution in [3.63, 3.8) is 0 Å². The van der Waals surface area contributed by atoms with Gasteiger partial charge < -0.3 is 14.5 Å². The molecule has 1 amide bonds. The van der Waals surface area contributed by atoms with Gasteiger partial charge in [0.1, 0.15) is 16.9 Å². The highest BCUT2D eigenvalue weighted by Crippen LogP contribution is 2.22. The highest BCUT2D eigenvalue weighted by atomic mass is 16.5. The molecule has 5 nitrogen and oxygen atoms in total. The van der Waals surface area contributed by atoms with Crippen LogP contribution in [0.1, 0.15) is 11.1 Å². The van der Waals surface area contributed by atoms with Crippen LogP contribution in [0.3, 0.4) is 0 Å². The van der Waals surface area contributed by atoms with Crippen molar-refractivity contribution in [1.29, 1.82) is 0 Å². The number of carbonyl (C=O) groups excluding carboxylic acids is 1. The second-order valence-electron chi connectivity index (χ2n) is 6.74. The molecule has 0 bridgehead atoms. The lowest BCUT2D eigenvalue weighted by atomic mass is 10.1. The average molecular weight is 373 g/mol. The highest BCUT2D eigenvalue weighted by molar-refractivity contribution is 5.96. The standard InChI is InChI=1S/C23H19NO4/c1-14-7-10-19(15(2)11-14)27-13-22(25)24-16-8-9-18-21(12-16)28-20-6-4-3-5-17(20)23(18)26/h3-12H,13H2,1-2H3,(H,24,25). The van der Waals surface area contributed by atoms with E-state index in [-0.39, 0.29) is 17.9 Å². The third-order valence-electron chi connectivity index (χ3n) is 4.55. The molecule has 0 saturated heterocycles. The molecule has 4 aromatic rings. The third-order valence-corrected chi connectivity index (χ3v) is 4.55. The van der Waals surface area contributed by atoms with Gasteiger partial charge in [0.25, 0.3) is 5.91 Å². The van der Waals surface area contributed by atoms with E-state index in [0.717, 1.165) is 11.1 Å². The van der Waals surface area contributed by atoms with Gasteiger partial charge in [0, 0.05) is 11.8 Å². The Bertz CT molecular complexity index is 1260. The zero-order valence-corrected chi connectivity index (χ0v) is 15.6. The number of nitrogens with one attached hydrogen (secondary N) is 1. The van der Waals surface area contributed by atoms with Gasteiger partial charge in [-0.1, -0.05) is 29.8 Å². The number of ether oxygens (including phenoxy) is 1. The molecular weight excluding hydrogens is 354 g/mol. The summed E-state index contributed by atoms with van der Waals surface area (Å²) in [6, 6.07) is 17.9. The zero-order chi connectivity index (χ0) is 19.7. The van der Waals surface area contributed by atoms with E-state index in [2.05, 4.69) is 5.32 Å². The fraction of sp³-hybridized carbons (Fsp3) is 0.130. The molecule has 0 aliphatic rings. The first-order valence-electron chi connectivity index (χ1n) is 8.97. The number of fused-ring (bicyclic) bond motifs is 2. The molecule has 1 aromatic heterocycles. The number of para-hydroxylation sites is 1. The Morgan fingerprint density at radius 2 is 1.75 bits per heavy atom. The Hall–Kier alpha value is -3.60. The number of hydrogen-bond donors (Lipinski definition) is 1. The summed E-state index contributed by atoms with van der Waals surface area (Å²) >= 11 is 0. The van der Waals surface area contributed by atoms with E-state index in [9.17, 15) is 9.59 Å². The van der Waals surface area contributed by atoms with E-state index in [1.54, 1.807) is 36.4 Å². The van der Waals surface area contributed by atoms with E-state index in [4.69, 9.17) is 9.15 Å². The second-order valence-corrected chi connectivity index (χ2v) is 6.74. The molecule has 0 aliphatic carbocycles. The average Bonchev–Trinajstić information content (AvgIpc) is 2.67. The zero-order valence-electron chi connectivity index (χ0n) is 15.6. The van der Waals surface area contributed by atoms with Gasteiger partial charge in [0.05, 0.1) is 10.8 Å². The summed E-state index contributed by atoms with van der Waals surface area (Å²) in [6.45, 7) is 3.84. The first kappa shape index (κ1) is 17.8. The van der Waals surface area contributed by atoms with Gasteiger partial charge in [0.2, 0.25) is 5.43 Å². The Morgan fingerprint density at radius 1 is 0.964 bits per heavy atom. The van der Waals surface area contributed by atoms with Crippen LogP contribution in [0.4, 0.5) is 5.69 Å². The predicted molar refractivity (Wildman–Crippen MR) is 110 cm³/mol. The molecule has 28 heavy (non-hydrogen) atoms. The normalized spacial score (nSPS) is 10.9. The molecule has 0 aliphatic heterocycles. The van der Waals surface area contributed by atoms with E-state index in [1.165, 1.54) is 0 Å². The third kappa shape index (κ3) is 3.47. The van der Waals surface area contributed by atoms with Crippen LogP contribution in [0.2, 0.25) is 0 Å². The summed E-state index contributed by atoms with van der Waals surface area (Å²) in [6.07, 6.45) is 0. The first-order valence-corrected chi connectivity index (χ1v) is 8.97. The van der Waals surface area contributed by atoms with Crippen LogP contribution in [0.25, 0.3) is 21.9 Å². The molecular formula is C23H19NO4. The molecule has 0 saturated carbocycles. The Labute approximate surface area is 161 Å². The molecule has 4 rings (SSSR count). The van der Waals surface area contributed by atoms with Crippen LogP contribution >= 0.6 is 0 Å². The summed E-state index contributed by atoms with van der Waals surface area (Å²) in [4.78, 5) is 24.8. The number of amides is 1. The molecule has 1 heterocycles. The van der Waals surface area contributed by atoms with E-state index >= 15 is 0 Å². The van der Waals surface area contributed by atoms with Crippen molar-refractivity contribution in [3.05, 3.63) is 82.0 Å². The van der Waals surface area contributed by atoms with Crippen LogP contribution in [-0.2, 0) is 4.79 Å². The summed E-state index contributed by atoms with van der Waals surface area (Å²) in [5.74, 6) is 0.388. The number of rotatable bonds is 4. The van der Waals surface area contributed by atoms with Crippen LogP contribution in [-0.4, -0.2) is 12.5 Å². The van der Waals surface area contributed by atoms with Gasteiger partial charge in [-0.05, 0) is 49.7 Å². The van der Waals surface area contributed by atoms with Gasteiger partial charge in [-0.25, -0.2) is 0 Å². The predicted octanol–water partition coefficient (Wildman–Crippen LogP) is 4.58. The van der Waals surface area contributed by atoms with Crippen LogP contribution in [0.5, 0.6) is 5.75 Å². The minimum Gasteiger partial charge on any atom is -0.483 e. The Morgan fingerprint density at radius 3 is 2.57 bits per heavy atom. The van der Waals surface area contributed by atoms with E-state index in [0.29, 0.717) is 33.4 Å². The van der Waals surface area contributed by atoms with Crippen molar-refractivity contribution >= 4 is 33.5 Å². The maximum atomic E-state index is 12.6. The smallest absolute Gasteiger partial charge is 0.262 e. The monoisotopic (exact) mass is 373 g/mol. The van der Waals surface area contributed by atoms with Crippen molar-refractivity contribution in [2.75, 3.05) is 11.9 Å². The van der Waals surface area contributed by atoms with Gasteiger partial charge in [-0.2, -0.15) is 0 Å². The fourth-order valence-corrected chi connectivity index (χ4v) is 3.18. The van der Waals surface area contributed by atoms with Crippen molar-refractivity contribution in [2.24, 2.45) is 0 Å². The number of aryl methyl sites for hydroxylation is 2. The molecule has 3 aromatic carbocycles. The van der Waals surface area contributed by atoms with E-state index < -0.39 is 0 Å². The SMILES string of the molecule is Cc1ccc(OCC(=O)Nc2ccc3c(=O)c4ccccc4oc3c2)c(C)c1. The van der Waals surface area contributed by atoms with Crippen LogP contribution in [0.15, 0.2) is 69.9 Å². The van der Waals surface area contributed by atoms with Crippen molar-refractivity contribution in [3.8, 4) is 5.75 Å². The molecule has 0 fully saturated rings. The lowest BCUT2D eigenvalue weighted by Crippen LogP contribution is -2.20. The second kappa shape index (κ2) is 7.19. The summed E-state index contributed by atoms with van der Waals surface area (Å²) in [7, 11) is 0. The van der Waals surface area contributed by atoms with Crippen molar-refractivity contribution in [1.82, 2.24) is 0 Å². The van der Waals surface area contributed by atoms with Crippen molar-refractivity contribution in [2.45, 2.75) is 13.8 Å². The van der Waals surface area contributed by atoms with Crippen LogP contribution < -0.4 is 15.5 Å². The maximum Gasteiger partial charge on any atom is 0.262 e. The molecule has 140 valence electrons. The topological polar surface area (TPSA) is 68.5 Å². The Balaban J connectivity index is 1.53. The molecule has 0 atom stereocenters. The Kier molecular flexibility index (Phi) is 4.57. The minimum absolute atomic E-state index is 0.0899. The molecule has 5 heteroatoms. The van der Waals surface area contributed by atoms with Gasteiger partial charge >= 0.3 is 0 Å². The number of anilines is 1. The maximum absolute atomic E-state index is 12.6. The first-order chi connectivity index (χ1) is 13.5. The van der Waals surface area contributed by atoms with Gasteiger partial charge in [-0.3, -0.25) is 9.59 Å². The summed E-state index contributed by atoms with van der Waals surface area (Å²) in [5.41, 5.74) is 3.51. The fourth-order valence-electron chi connectivity index (χ4n) is 3.18. The quantitative estimate of drug-likeness (QED) is 0.532. The largest absolute Gasteiger partial charge is 0.483 e. The highest BCUT2D eigenvalue weighted by Gasteiger charge is 2.10. The molecule has 0 spiro atoms. The summed E-state index contributed by atoms with van der Waals surface area (Å²) in [5, 5.41) is 3.79. The minimum atomic E-state index is -0.289. The molecule has 0 unspecified atom stereocenters. The number of benzene rings is 3. The van der Waals surface area contributed by atoms with Gasteiger partial charge in [-0.15, -0.1) is 0 Å². The van der Waals surface area contributed by atoms with Gasteiger partial charge in [0.15, 0.2) is 6.61 Å². The number of carbonyl (C=O) groups is 1. The van der Waals surface area contributed by atoms with Crippen LogP contribution in [0, 0.1) is 13.8 Å². The van der Waals surface area contributed by atoms with E-state index in [1.807, 2.05) is 38.1 Å². The molecule has 1 N–H and O–H groups in total. The number of hydrogen-bond acceptors (Lipinski definition) is 4. The molecule has 0 radical (unpaired) electrons. The van der Waals surface area contributed by atoms with Crippen molar-refractivity contribution < 1.29 is 13.9 Å². The lowest BCUT2D eigenvalue weighted by molar-refractivity contribution is -0.118. The summed E-state index contributed by atoms with van der Waals surface area (Å²) < 4.78 is 11.4. The lowest BCUT2D eigenvalue weighted by Gasteiger charge is -2.10.